The summed E-state index contributed by atoms with van der Waals surface area (Å²) in [4.78, 5) is 23.6. The van der Waals surface area contributed by atoms with E-state index >= 15 is 0 Å². The van der Waals surface area contributed by atoms with Crippen LogP contribution in [0, 0.1) is 0 Å². The standard InChI is InChI=1S/C18H24N8OS/c1-21-28-15-11-26-10-14(16(27)25-18(26)24-15)13-5-3-12(4-6-13)9-22-7-2-8-23-17(19)20/h3-6,10-11,21-22H,2,7-9H2,1H3,(H4,19,20,23)(H,24,25,27). The minimum atomic E-state index is -0.162. The molecule has 0 atom stereocenters. The lowest BCUT2D eigenvalue weighted by atomic mass is 10.1. The van der Waals surface area contributed by atoms with Gasteiger partial charge in [0.2, 0.25) is 5.78 Å². The van der Waals surface area contributed by atoms with Crippen LogP contribution in [0.4, 0.5) is 0 Å². The number of nitrogens with one attached hydrogen (secondary N) is 3. The van der Waals surface area contributed by atoms with Gasteiger partial charge in [-0.05, 0) is 43.1 Å². The Morgan fingerprint density at radius 3 is 2.79 bits per heavy atom. The van der Waals surface area contributed by atoms with Crippen molar-refractivity contribution in [1.82, 2.24) is 24.4 Å². The van der Waals surface area contributed by atoms with Gasteiger partial charge in [0.25, 0.3) is 5.56 Å². The van der Waals surface area contributed by atoms with Gasteiger partial charge in [-0.15, -0.1) is 0 Å². The highest BCUT2D eigenvalue weighted by Gasteiger charge is 2.09. The van der Waals surface area contributed by atoms with E-state index in [2.05, 4.69) is 25.0 Å². The molecule has 3 rings (SSSR count). The summed E-state index contributed by atoms with van der Waals surface area (Å²) in [6.45, 7) is 2.17. The second-order valence-corrected chi connectivity index (χ2v) is 7.18. The zero-order chi connectivity index (χ0) is 19.9. The Morgan fingerprint density at radius 1 is 1.29 bits per heavy atom. The molecule has 0 bridgehead atoms. The van der Waals surface area contributed by atoms with Gasteiger partial charge in [-0.25, -0.2) is 4.98 Å². The zero-order valence-corrected chi connectivity index (χ0v) is 16.4. The first kappa shape index (κ1) is 19.9. The van der Waals surface area contributed by atoms with Crippen LogP contribution in [0.25, 0.3) is 16.9 Å². The van der Waals surface area contributed by atoms with Crippen molar-refractivity contribution in [2.24, 2.45) is 16.5 Å². The average Bonchev–Trinajstić information content (AvgIpc) is 3.05. The van der Waals surface area contributed by atoms with Gasteiger partial charge in [-0.3, -0.25) is 23.9 Å². The molecule has 0 radical (unpaired) electrons. The van der Waals surface area contributed by atoms with E-state index in [1.807, 2.05) is 41.9 Å². The number of rotatable bonds is 9. The summed E-state index contributed by atoms with van der Waals surface area (Å²) in [5.41, 5.74) is 13.0. The van der Waals surface area contributed by atoms with Gasteiger partial charge in [0.1, 0.15) is 5.03 Å². The number of hydrogen-bond acceptors (Lipinski definition) is 6. The smallest absolute Gasteiger partial charge is 0.260 e. The van der Waals surface area contributed by atoms with Crippen LogP contribution in [0.15, 0.2) is 51.5 Å². The third-order valence-electron chi connectivity index (χ3n) is 4.06. The zero-order valence-electron chi connectivity index (χ0n) is 15.6. The first-order valence-corrected chi connectivity index (χ1v) is 9.69. The average molecular weight is 401 g/mol. The fraction of sp³-hybridized carbons (Fsp3) is 0.278. The third kappa shape index (κ3) is 5.12. The second-order valence-electron chi connectivity index (χ2n) is 6.15. The largest absolute Gasteiger partial charge is 0.370 e. The van der Waals surface area contributed by atoms with Gasteiger partial charge in [-0.1, -0.05) is 24.3 Å². The van der Waals surface area contributed by atoms with Crippen LogP contribution < -0.4 is 27.1 Å². The second kappa shape index (κ2) is 9.40. The van der Waals surface area contributed by atoms with E-state index in [-0.39, 0.29) is 11.5 Å². The molecule has 0 saturated carbocycles. The number of nitrogens with zero attached hydrogens (tertiary/aromatic N) is 3. The molecule has 3 aromatic rings. The fourth-order valence-corrected chi connectivity index (χ4v) is 3.24. The molecule has 0 saturated heterocycles. The molecule has 0 fully saturated rings. The van der Waals surface area contributed by atoms with Crippen molar-refractivity contribution < 1.29 is 0 Å². The van der Waals surface area contributed by atoms with Crippen molar-refractivity contribution in [2.45, 2.75) is 18.0 Å². The van der Waals surface area contributed by atoms with Gasteiger partial charge < -0.3 is 16.8 Å². The van der Waals surface area contributed by atoms with Crippen molar-refractivity contribution in [3.63, 3.8) is 0 Å². The van der Waals surface area contributed by atoms with Gasteiger partial charge >= 0.3 is 0 Å². The molecule has 28 heavy (non-hydrogen) atoms. The van der Waals surface area contributed by atoms with Gasteiger partial charge in [0.05, 0.1) is 5.56 Å². The molecule has 0 aliphatic heterocycles. The maximum atomic E-state index is 12.4. The number of imidazole rings is 1. The summed E-state index contributed by atoms with van der Waals surface area (Å²) in [5.74, 6) is 0.643. The number of aromatic nitrogens is 3. The highest BCUT2D eigenvalue weighted by atomic mass is 32.2. The number of nitrogens with two attached hydrogens (primary N) is 2. The Labute approximate surface area is 166 Å². The first-order valence-electron chi connectivity index (χ1n) is 8.88. The van der Waals surface area contributed by atoms with E-state index in [9.17, 15) is 4.79 Å². The van der Waals surface area contributed by atoms with Gasteiger partial charge in [0.15, 0.2) is 5.96 Å². The molecule has 10 heteroatoms. The van der Waals surface area contributed by atoms with Crippen molar-refractivity contribution in [2.75, 3.05) is 20.1 Å². The molecular formula is C18H24N8OS. The Morgan fingerprint density at radius 2 is 2.07 bits per heavy atom. The molecule has 1 aromatic carbocycles. The summed E-state index contributed by atoms with van der Waals surface area (Å²) < 4.78 is 4.79. The minimum Gasteiger partial charge on any atom is -0.370 e. The SMILES string of the molecule is CNSc1cn2cc(-c3ccc(CNCCCN=C(N)N)cc3)c(=O)[nH]c2n1. The van der Waals surface area contributed by atoms with Crippen molar-refractivity contribution in [3.05, 3.63) is 52.6 Å². The quantitative estimate of drug-likeness (QED) is 0.154. The van der Waals surface area contributed by atoms with E-state index in [0.717, 1.165) is 35.7 Å². The highest BCUT2D eigenvalue weighted by Crippen LogP contribution is 2.18. The topological polar surface area (TPSA) is 139 Å². The maximum absolute atomic E-state index is 12.4. The van der Waals surface area contributed by atoms with Crippen LogP contribution in [0.1, 0.15) is 12.0 Å². The molecule has 0 spiro atoms. The molecule has 2 heterocycles. The summed E-state index contributed by atoms with van der Waals surface area (Å²) in [6.07, 6.45) is 4.54. The number of fused-ring (bicyclic) bond motifs is 1. The van der Waals surface area contributed by atoms with E-state index < -0.39 is 0 Å². The molecule has 0 unspecified atom stereocenters. The van der Waals surface area contributed by atoms with E-state index in [1.54, 1.807) is 6.20 Å². The number of hydrogen-bond donors (Lipinski definition) is 5. The minimum absolute atomic E-state index is 0.122. The Kier molecular flexibility index (Phi) is 6.69. The fourth-order valence-electron chi connectivity index (χ4n) is 2.74. The van der Waals surface area contributed by atoms with Crippen LogP contribution in [0.3, 0.4) is 0 Å². The van der Waals surface area contributed by atoms with E-state index in [4.69, 9.17) is 11.5 Å². The molecule has 0 amide bonds. The predicted molar refractivity (Wildman–Crippen MR) is 113 cm³/mol. The van der Waals surface area contributed by atoms with Crippen LogP contribution in [-0.4, -0.2) is 40.5 Å². The first-order chi connectivity index (χ1) is 13.6. The molecule has 2 aromatic heterocycles. The van der Waals surface area contributed by atoms with Crippen molar-refractivity contribution in [3.8, 4) is 11.1 Å². The Balaban J connectivity index is 1.65. The number of benzene rings is 1. The maximum Gasteiger partial charge on any atom is 0.260 e. The number of H-pyrrole nitrogens is 1. The van der Waals surface area contributed by atoms with E-state index in [1.165, 1.54) is 11.9 Å². The van der Waals surface area contributed by atoms with Crippen LogP contribution in [0.5, 0.6) is 0 Å². The van der Waals surface area contributed by atoms with Crippen molar-refractivity contribution >= 4 is 23.7 Å². The van der Waals surface area contributed by atoms with Crippen LogP contribution >= 0.6 is 11.9 Å². The lowest BCUT2D eigenvalue weighted by molar-refractivity contribution is 0.655. The summed E-state index contributed by atoms with van der Waals surface area (Å²) in [5, 5.41) is 4.13. The van der Waals surface area contributed by atoms with Crippen LogP contribution in [0.2, 0.25) is 0 Å². The summed E-state index contributed by atoms with van der Waals surface area (Å²) in [7, 11) is 1.82. The van der Waals surface area contributed by atoms with Crippen LogP contribution in [-0.2, 0) is 6.54 Å². The number of guanidine groups is 1. The lowest BCUT2D eigenvalue weighted by Crippen LogP contribution is -2.23. The third-order valence-corrected chi connectivity index (χ3v) is 4.67. The monoisotopic (exact) mass is 400 g/mol. The highest BCUT2D eigenvalue weighted by molar-refractivity contribution is 7.97. The molecule has 0 aliphatic rings. The molecular weight excluding hydrogens is 376 g/mol. The van der Waals surface area contributed by atoms with Gasteiger partial charge in [-0.2, -0.15) is 0 Å². The molecule has 148 valence electrons. The molecule has 0 aliphatic carbocycles. The number of aliphatic imine (C=N–C) groups is 1. The Bertz CT molecular complexity index is 1000. The normalized spacial score (nSPS) is 11.0. The predicted octanol–water partition coefficient (Wildman–Crippen LogP) is 0.669. The van der Waals surface area contributed by atoms with Gasteiger partial charge in [0, 0.05) is 25.5 Å². The summed E-state index contributed by atoms with van der Waals surface area (Å²) in [6, 6.07) is 7.93. The molecule has 7 N–H and O–H groups in total. The number of aromatic amines is 1. The van der Waals surface area contributed by atoms with E-state index in [0.29, 0.717) is 17.9 Å². The summed E-state index contributed by atoms with van der Waals surface area (Å²) >= 11 is 1.39. The molecule has 9 nitrogen and oxygen atoms in total. The lowest BCUT2D eigenvalue weighted by Gasteiger charge is -2.06. The Hall–Kier alpha value is -2.82. The van der Waals surface area contributed by atoms with Crippen molar-refractivity contribution in [1.29, 1.82) is 0 Å².